The molecular formula is C13H17NO4. The number of phenols is 1. The highest BCUT2D eigenvalue weighted by molar-refractivity contribution is 5.89. The highest BCUT2D eigenvalue weighted by Crippen LogP contribution is 2.54. The number of carboxylic acids is 1. The van der Waals surface area contributed by atoms with Crippen LogP contribution in [-0.4, -0.2) is 29.3 Å². The van der Waals surface area contributed by atoms with E-state index < -0.39 is 5.97 Å². The van der Waals surface area contributed by atoms with Gasteiger partial charge in [0, 0.05) is 17.0 Å². The summed E-state index contributed by atoms with van der Waals surface area (Å²) in [6, 6.07) is 2.67. The van der Waals surface area contributed by atoms with Crippen molar-refractivity contribution in [1.82, 2.24) is 0 Å². The van der Waals surface area contributed by atoms with E-state index in [-0.39, 0.29) is 28.5 Å². The van der Waals surface area contributed by atoms with Crippen LogP contribution in [-0.2, 0) is 5.41 Å². The maximum Gasteiger partial charge on any atom is 0.335 e. The number of hydrogen-bond donors (Lipinski definition) is 3. The lowest BCUT2D eigenvalue weighted by Gasteiger charge is -2.22. The molecule has 5 heteroatoms. The molecule has 0 bridgehead atoms. The summed E-state index contributed by atoms with van der Waals surface area (Å²) >= 11 is 0. The van der Waals surface area contributed by atoms with Crippen LogP contribution in [0.3, 0.4) is 0 Å². The zero-order chi connectivity index (χ0) is 13.5. The van der Waals surface area contributed by atoms with Gasteiger partial charge in [-0.15, -0.1) is 0 Å². The van der Waals surface area contributed by atoms with Crippen LogP contribution in [0.4, 0.5) is 0 Å². The summed E-state index contributed by atoms with van der Waals surface area (Å²) in [5, 5.41) is 19.2. The van der Waals surface area contributed by atoms with Gasteiger partial charge in [0.1, 0.15) is 0 Å². The zero-order valence-corrected chi connectivity index (χ0v) is 10.4. The van der Waals surface area contributed by atoms with Gasteiger partial charge in [-0.3, -0.25) is 0 Å². The van der Waals surface area contributed by atoms with Gasteiger partial charge in [-0.1, -0.05) is 0 Å². The van der Waals surface area contributed by atoms with Crippen molar-refractivity contribution in [3.63, 3.8) is 0 Å². The van der Waals surface area contributed by atoms with E-state index in [2.05, 4.69) is 0 Å². The average molecular weight is 251 g/mol. The minimum atomic E-state index is -1.05. The molecule has 0 spiro atoms. The Kier molecular flexibility index (Phi) is 2.94. The van der Waals surface area contributed by atoms with Crippen molar-refractivity contribution >= 4 is 5.97 Å². The summed E-state index contributed by atoms with van der Waals surface area (Å²) in [7, 11) is 1.40. The van der Waals surface area contributed by atoms with Crippen molar-refractivity contribution < 1.29 is 19.7 Å². The molecule has 1 aliphatic carbocycles. The second-order valence-corrected chi connectivity index (χ2v) is 4.82. The van der Waals surface area contributed by atoms with Crippen LogP contribution < -0.4 is 10.5 Å². The second kappa shape index (κ2) is 4.17. The molecule has 1 aliphatic rings. The molecule has 18 heavy (non-hydrogen) atoms. The van der Waals surface area contributed by atoms with Crippen LogP contribution in [0.2, 0.25) is 0 Å². The molecule has 1 atom stereocenters. The summed E-state index contributed by atoms with van der Waals surface area (Å²) in [4.78, 5) is 11.1. The third kappa shape index (κ3) is 1.80. The van der Waals surface area contributed by atoms with Gasteiger partial charge in [0.25, 0.3) is 0 Å². The Bertz CT molecular complexity index is 492. The SMILES string of the molecule is COc1cc(C(=O)O)cc(C2(C(C)N)CC2)c1O. The smallest absolute Gasteiger partial charge is 0.335 e. The normalized spacial score (nSPS) is 18.2. The Balaban J connectivity index is 2.59. The number of ether oxygens (including phenoxy) is 1. The largest absolute Gasteiger partial charge is 0.504 e. The molecule has 0 heterocycles. The number of methoxy groups -OCH3 is 1. The van der Waals surface area contributed by atoms with Crippen molar-refractivity contribution in [2.75, 3.05) is 7.11 Å². The standard InChI is InChI=1S/C13H17NO4/c1-7(14)13(3-4-13)9-5-8(12(16)17)6-10(18-2)11(9)15/h5-7,15H,3-4,14H2,1-2H3,(H,16,17). The van der Waals surface area contributed by atoms with E-state index in [1.807, 2.05) is 6.92 Å². The highest BCUT2D eigenvalue weighted by Gasteiger charge is 2.49. The molecule has 1 fully saturated rings. The lowest BCUT2D eigenvalue weighted by atomic mass is 9.87. The fraction of sp³-hybridized carbons (Fsp3) is 0.462. The average Bonchev–Trinajstić information content (AvgIpc) is 3.10. The Labute approximate surface area is 105 Å². The number of hydrogen-bond acceptors (Lipinski definition) is 4. The van der Waals surface area contributed by atoms with E-state index in [9.17, 15) is 9.90 Å². The second-order valence-electron chi connectivity index (χ2n) is 4.82. The molecule has 0 aliphatic heterocycles. The molecule has 5 nitrogen and oxygen atoms in total. The first-order chi connectivity index (χ1) is 8.42. The van der Waals surface area contributed by atoms with Gasteiger partial charge in [-0.2, -0.15) is 0 Å². The molecule has 4 N–H and O–H groups in total. The maximum atomic E-state index is 11.1. The van der Waals surface area contributed by atoms with Gasteiger partial charge in [-0.25, -0.2) is 4.79 Å². The Morgan fingerprint density at radius 1 is 1.50 bits per heavy atom. The zero-order valence-electron chi connectivity index (χ0n) is 10.4. The Morgan fingerprint density at radius 2 is 2.11 bits per heavy atom. The van der Waals surface area contributed by atoms with Crippen molar-refractivity contribution in [3.8, 4) is 11.5 Å². The molecule has 1 aromatic carbocycles. The van der Waals surface area contributed by atoms with Gasteiger partial charge >= 0.3 is 5.97 Å². The minimum Gasteiger partial charge on any atom is -0.504 e. The van der Waals surface area contributed by atoms with E-state index in [4.69, 9.17) is 15.6 Å². The van der Waals surface area contributed by atoms with Crippen molar-refractivity contribution in [2.45, 2.75) is 31.2 Å². The lowest BCUT2D eigenvalue weighted by molar-refractivity contribution is 0.0696. The summed E-state index contributed by atoms with van der Waals surface area (Å²) in [5.41, 5.74) is 6.32. The van der Waals surface area contributed by atoms with Crippen LogP contribution in [0.5, 0.6) is 11.5 Å². The van der Waals surface area contributed by atoms with Gasteiger partial charge in [0.05, 0.1) is 12.7 Å². The van der Waals surface area contributed by atoms with E-state index >= 15 is 0 Å². The van der Waals surface area contributed by atoms with Crippen LogP contribution in [0, 0.1) is 0 Å². The van der Waals surface area contributed by atoms with Gasteiger partial charge in [0.15, 0.2) is 11.5 Å². The third-order valence-electron chi connectivity index (χ3n) is 3.74. The molecule has 0 radical (unpaired) electrons. The fourth-order valence-corrected chi connectivity index (χ4v) is 2.37. The summed E-state index contributed by atoms with van der Waals surface area (Å²) in [6.07, 6.45) is 1.70. The summed E-state index contributed by atoms with van der Waals surface area (Å²) in [6.45, 7) is 1.87. The van der Waals surface area contributed by atoms with E-state index in [1.54, 1.807) is 0 Å². The number of benzene rings is 1. The van der Waals surface area contributed by atoms with Crippen LogP contribution in [0.25, 0.3) is 0 Å². The topological polar surface area (TPSA) is 92.8 Å². The van der Waals surface area contributed by atoms with Gasteiger partial charge < -0.3 is 20.7 Å². The Hall–Kier alpha value is -1.75. The number of carboxylic acid groups (broad SMARTS) is 1. The number of aromatic carboxylic acids is 1. The van der Waals surface area contributed by atoms with E-state index in [0.717, 1.165) is 12.8 Å². The molecule has 2 rings (SSSR count). The number of nitrogens with two attached hydrogens (primary N) is 1. The van der Waals surface area contributed by atoms with Crippen molar-refractivity contribution in [1.29, 1.82) is 0 Å². The monoisotopic (exact) mass is 251 g/mol. The molecule has 1 saturated carbocycles. The molecule has 1 unspecified atom stereocenters. The molecule has 0 saturated heterocycles. The number of aromatic hydroxyl groups is 1. The van der Waals surface area contributed by atoms with Crippen LogP contribution in [0.15, 0.2) is 12.1 Å². The molecule has 1 aromatic rings. The molecule has 0 amide bonds. The molecular weight excluding hydrogens is 234 g/mol. The van der Waals surface area contributed by atoms with Crippen molar-refractivity contribution in [3.05, 3.63) is 23.3 Å². The first-order valence-corrected chi connectivity index (χ1v) is 5.82. The van der Waals surface area contributed by atoms with Crippen molar-refractivity contribution in [2.24, 2.45) is 5.73 Å². The predicted molar refractivity (Wildman–Crippen MR) is 66.2 cm³/mol. The maximum absolute atomic E-state index is 11.1. The van der Waals surface area contributed by atoms with Crippen LogP contribution >= 0.6 is 0 Å². The lowest BCUT2D eigenvalue weighted by Crippen LogP contribution is -2.31. The first kappa shape index (κ1) is 12.7. The van der Waals surface area contributed by atoms with E-state index in [0.29, 0.717) is 5.56 Å². The predicted octanol–water partition coefficient (Wildman–Crippen LogP) is 1.48. The minimum absolute atomic E-state index is 0.00250. The van der Waals surface area contributed by atoms with Gasteiger partial charge in [0.2, 0.25) is 0 Å². The number of phenolic OH excluding ortho intramolecular Hbond substituents is 1. The van der Waals surface area contributed by atoms with Crippen LogP contribution in [0.1, 0.15) is 35.7 Å². The Morgan fingerprint density at radius 3 is 2.50 bits per heavy atom. The summed E-state index contributed by atoms with van der Waals surface area (Å²) < 4.78 is 5.02. The fourth-order valence-electron chi connectivity index (χ4n) is 2.37. The first-order valence-electron chi connectivity index (χ1n) is 5.82. The van der Waals surface area contributed by atoms with Gasteiger partial charge in [-0.05, 0) is 31.9 Å². The number of rotatable bonds is 4. The molecule has 0 aromatic heterocycles. The molecule has 98 valence electrons. The highest BCUT2D eigenvalue weighted by atomic mass is 16.5. The summed E-state index contributed by atoms with van der Waals surface area (Å²) in [5.74, 6) is -0.871. The third-order valence-corrected chi connectivity index (χ3v) is 3.74. The quantitative estimate of drug-likeness (QED) is 0.753. The number of carbonyl (C=O) groups is 1. The van der Waals surface area contributed by atoms with E-state index in [1.165, 1.54) is 19.2 Å².